The quantitative estimate of drug-likeness (QED) is 0.0904. The molecule has 7 nitrogen and oxygen atoms in total. The van der Waals surface area contributed by atoms with Crippen molar-refractivity contribution in [1.29, 1.82) is 0 Å². The summed E-state index contributed by atoms with van der Waals surface area (Å²) in [6, 6.07) is 35.7. The van der Waals surface area contributed by atoms with Crippen LogP contribution in [0.25, 0.3) is 17.3 Å². The lowest BCUT2D eigenvalue weighted by atomic mass is 10.1. The molecule has 3 N–H and O–H groups in total. The van der Waals surface area contributed by atoms with E-state index in [1.807, 2.05) is 41.8 Å². The van der Waals surface area contributed by atoms with Crippen LogP contribution in [0.4, 0.5) is 15.2 Å². The molecule has 1 atom stereocenters. The molecule has 5 aromatic carbocycles. The van der Waals surface area contributed by atoms with Gasteiger partial charge in [0.05, 0.1) is 15.7 Å². The highest BCUT2D eigenvalue weighted by atomic mass is 35.5. The molecule has 0 aliphatic rings. The molecule has 0 aliphatic carbocycles. The minimum Gasteiger partial charge on any atom is -0.321 e. The molecular formula is C39H27Cl2FN4O3S2. The predicted molar refractivity (Wildman–Crippen MR) is 205 cm³/mol. The number of hydrogen-bond donors (Lipinski definition) is 3. The van der Waals surface area contributed by atoms with Crippen LogP contribution in [-0.4, -0.2) is 22.7 Å². The molecule has 0 saturated heterocycles. The third kappa shape index (κ3) is 9.50. The van der Waals surface area contributed by atoms with Gasteiger partial charge in [0.2, 0.25) is 5.91 Å². The van der Waals surface area contributed by atoms with Crippen molar-refractivity contribution in [3.63, 3.8) is 0 Å². The van der Waals surface area contributed by atoms with Crippen LogP contribution in [-0.2, 0) is 9.59 Å². The molecule has 1 aromatic heterocycles. The standard InChI is InChI=1S/C39H27Cl2FN4O3S2/c40-31-20-13-27(22-32(31)41)34-23-50-39(45-34)46-38(49)35(25-7-3-1-4-8-25)51-30-18-16-29(17-19-30)43-37(48)33(21-24-11-14-28(42)15-12-24)44-36(47)26-9-5-2-6-10-26/h1-23,35H,(H,43,48)(H,44,47)(H,45,46,49)/b33-21-. The average molecular weight is 754 g/mol. The number of carbonyl (C=O) groups excluding carboxylic acids is 3. The van der Waals surface area contributed by atoms with Crippen molar-refractivity contribution in [2.45, 2.75) is 10.1 Å². The van der Waals surface area contributed by atoms with Crippen molar-refractivity contribution in [2.24, 2.45) is 0 Å². The molecule has 0 spiro atoms. The van der Waals surface area contributed by atoms with Gasteiger partial charge < -0.3 is 16.0 Å². The normalized spacial score (nSPS) is 11.8. The van der Waals surface area contributed by atoms with E-state index in [-0.39, 0.29) is 11.6 Å². The van der Waals surface area contributed by atoms with E-state index >= 15 is 0 Å². The van der Waals surface area contributed by atoms with Crippen molar-refractivity contribution in [3.05, 3.63) is 171 Å². The fourth-order valence-corrected chi connectivity index (χ4v) is 6.86. The number of anilines is 2. The number of benzene rings is 5. The Labute approximate surface area is 311 Å². The Morgan fingerprint density at radius 2 is 1.47 bits per heavy atom. The summed E-state index contributed by atoms with van der Waals surface area (Å²) in [6.45, 7) is 0. The van der Waals surface area contributed by atoms with E-state index in [4.69, 9.17) is 23.2 Å². The van der Waals surface area contributed by atoms with E-state index in [0.29, 0.717) is 37.7 Å². The number of aromatic nitrogens is 1. The first kappa shape index (κ1) is 35.6. The highest BCUT2D eigenvalue weighted by Gasteiger charge is 2.24. The van der Waals surface area contributed by atoms with Gasteiger partial charge in [-0.15, -0.1) is 23.1 Å². The van der Waals surface area contributed by atoms with Crippen molar-refractivity contribution in [3.8, 4) is 11.3 Å². The maximum absolute atomic E-state index is 13.7. The van der Waals surface area contributed by atoms with Crippen LogP contribution < -0.4 is 16.0 Å². The zero-order valence-corrected chi connectivity index (χ0v) is 29.6. The Hall–Kier alpha value is -5.26. The first-order valence-corrected chi connectivity index (χ1v) is 17.9. The molecule has 3 amide bonds. The summed E-state index contributed by atoms with van der Waals surface area (Å²) in [5, 5.41) is 10.9. The lowest BCUT2D eigenvalue weighted by Crippen LogP contribution is -2.30. The highest BCUT2D eigenvalue weighted by Crippen LogP contribution is 2.37. The Bertz CT molecular complexity index is 2200. The lowest BCUT2D eigenvalue weighted by molar-refractivity contribution is -0.116. The molecule has 254 valence electrons. The van der Waals surface area contributed by atoms with Crippen LogP contribution in [0.3, 0.4) is 0 Å². The van der Waals surface area contributed by atoms with E-state index in [1.165, 1.54) is 53.4 Å². The Morgan fingerprint density at radius 1 is 0.784 bits per heavy atom. The second kappa shape index (κ2) is 16.6. The van der Waals surface area contributed by atoms with E-state index in [9.17, 15) is 18.8 Å². The molecule has 1 unspecified atom stereocenters. The van der Waals surface area contributed by atoms with Gasteiger partial charge in [0, 0.05) is 27.1 Å². The summed E-state index contributed by atoms with van der Waals surface area (Å²) >= 11 is 14.9. The van der Waals surface area contributed by atoms with E-state index in [2.05, 4.69) is 20.9 Å². The smallest absolute Gasteiger partial charge is 0.272 e. The molecule has 12 heteroatoms. The molecule has 0 saturated carbocycles. The van der Waals surface area contributed by atoms with Gasteiger partial charge >= 0.3 is 0 Å². The van der Waals surface area contributed by atoms with Crippen LogP contribution in [0.15, 0.2) is 143 Å². The number of halogens is 3. The summed E-state index contributed by atoms with van der Waals surface area (Å²) < 4.78 is 13.5. The van der Waals surface area contributed by atoms with Crippen molar-refractivity contribution in [1.82, 2.24) is 10.3 Å². The molecule has 6 rings (SSSR count). The summed E-state index contributed by atoms with van der Waals surface area (Å²) in [5.41, 5.74) is 3.56. The van der Waals surface area contributed by atoms with Crippen LogP contribution in [0.5, 0.6) is 0 Å². The number of hydrogen-bond acceptors (Lipinski definition) is 6. The van der Waals surface area contributed by atoms with E-state index in [1.54, 1.807) is 66.7 Å². The molecule has 1 heterocycles. The number of rotatable bonds is 11. The Kier molecular flexibility index (Phi) is 11.6. The number of nitrogens with zero attached hydrogens (tertiary/aromatic N) is 1. The number of carbonyl (C=O) groups is 3. The van der Waals surface area contributed by atoms with Crippen LogP contribution in [0.2, 0.25) is 10.0 Å². The number of thiazole rings is 1. The highest BCUT2D eigenvalue weighted by molar-refractivity contribution is 8.00. The maximum Gasteiger partial charge on any atom is 0.272 e. The fraction of sp³-hybridized carbons (Fsp3) is 0.0256. The SMILES string of the molecule is O=C(Nc1ccc(SC(C(=O)Nc2nc(-c3ccc(Cl)c(Cl)c3)cs2)c2ccccc2)cc1)/C(=C/c1ccc(F)cc1)NC(=O)c1ccccc1. The molecular weight excluding hydrogens is 726 g/mol. The van der Waals surface area contributed by atoms with Crippen molar-refractivity contribution in [2.75, 3.05) is 10.6 Å². The van der Waals surface area contributed by atoms with Gasteiger partial charge in [0.1, 0.15) is 16.8 Å². The van der Waals surface area contributed by atoms with Gasteiger partial charge in [-0.25, -0.2) is 9.37 Å². The van der Waals surface area contributed by atoms with E-state index < -0.39 is 22.9 Å². The van der Waals surface area contributed by atoms with Crippen LogP contribution in [0, 0.1) is 5.82 Å². The minimum absolute atomic E-state index is 0.0285. The maximum atomic E-state index is 13.7. The van der Waals surface area contributed by atoms with E-state index in [0.717, 1.165) is 16.0 Å². The number of nitrogens with one attached hydrogen (secondary N) is 3. The fourth-order valence-electron chi connectivity index (χ4n) is 4.81. The third-order valence-corrected chi connectivity index (χ3v) is 10.1. The lowest BCUT2D eigenvalue weighted by Gasteiger charge is -2.17. The third-order valence-electron chi connectivity index (χ3n) is 7.37. The molecule has 0 bridgehead atoms. The molecule has 6 aromatic rings. The summed E-state index contributed by atoms with van der Waals surface area (Å²) in [6.07, 6.45) is 1.47. The van der Waals surface area contributed by atoms with Crippen molar-refractivity contribution >= 4 is 80.9 Å². The predicted octanol–water partition coefficient (Wildman–Crippen LogP) is 10.1. The van der Waals surface area contributed by atoms with Gasteiger partial charge in [-0.1, -0.05) is 89.9 Å². The Morgan fingerprint density at radius 3 is 2.16 bits per heavy atom. The largest absolute Gasteiger partial charge is 0.321 e. The first-order chi connectivity index (χ1) is 24.7. The summed E-state index contributed by atoms with van der Waals surface area (Å²) in [5.74, 6) is -1.73. The zero-order chi connectivity index (χ0) is 35.7. The van der Waals surface area contributed by atoms with Gasteiger partial charge in [-0.2, -0.15) is 0 Å². The van der Waals surface area contributed by atoms with Crippen LogP contribution >= 0.6 is 46.3 Å². The summed E-state index contributed by atoms with van der Waals surface area (Å²) in [7, 11) is 0. The van der Waals surface area contributed by atoms with Gasteiger partial charge in [-0.3, -0.25) is 14.4 Å². The second-order valence-corrected chi connectivity index (χ2v) is 13.8. The number of amides is 3. The zero-order valence-electron chi connectivity index (χ0n) is 26.5. The van der Waals surface area contributed by atoms with Gasteiger partial charge in [0.25, 0.3) is 11.8 Å². The number of thioether (sulfide) groups is 1. The van der Waals surface area contributed by atoms with Crippen LogP contribution in [0.1, 0.15) is 26.7 Å². The Balaban J connectivity index is 1.17. The topological polar surface area (TPSA) is 100 Å². The summed E-state index contributed by atoms with van der Waals surface area (Å²) in [4.78, 5) is 45.4. The monoisotopic (exact) mass is 752 g/mol. The molecule has 0 radical (unpaired) electrons. The minimum atomic E-state index is -0.623. The van der Waals surface area contributed by atoms with Gasteiger partial charge in [-0.05, 0) is 77.9 Å². The van der Waals surface area contributed by atoms with Crippen molar-refractivity contribution < 1.29 is 18.8 Å². The molecule has 0 aliphatic heterocycles. The average Bonchev–Trinajstić information content (AvgIpc) is 3.62. The van der Waals surface area contributed by atoms with Gasteiger partial charge in [0.15, 0.2) is 5.13 Å². The first-order valence-electron chi connectivity index (χ1n) is 15.4. The molecule has 51 heavy (non-hydrogen) atoms. The molecule has 0 fully saturated rings. The second-order valence-electron chi connectivity index (χ2n) is 11.0.